The van der Waals surface area contributed by atoms with Crippen LogP contribution in [0.1, 0.15) is 26.6 Å². The van der Waals surface area contributed by atoms with E-state index in [1.165, 1.54) is 0 Å². The van der Waals surface area contributed by atoms with Gasteiger partial charge >= 0.3 is 0 Å². The number of nitrogens with zero attached hydrogens (tertiary/aromatic N) is 8. The van der Waals surface area contributed by atoms with E-state index in [4.69, 9.17) is 34.9 Å². The Labute approximate surface area is 289 Å². The molecule has 6 heterocycles. The van der Waals surface area contributed by atoms with Crippen LogP contribution in [0.25, 0.3) is 73.7 Å². The third-order valence-electron chi connectivity index (χ3n) is 9.50. The smallest absolute Gasteiger partial charge is 0.274 e. The highest BCUT2D eigenvalue weighted by atomic mass is 15.2. The van der Waals surface area contributed by atoms with Crippen molar-refractivity contribution in [1.29, 1.82) is 0 Å². The van der Waals surface area contributed by atoms with Crippen molar-refractivity contribution < 1.29 is 0 Å². The van der Waals surface area contributed by atoms with E-state index in [1.54, 1.807) is 0 Å². The van der Waals surface area contributed by atoms with Crippen LogP contribution in [-0.2, 0) is 5.41 Å². The fourth-order valence-electron chi connectivity index (χ4n) is 7.18. The normalized spacial score (nSPS) is 12.7. The minimum absolute atomic E-state index is 0.345. The molecule has 0 saturated heterocycles. The summed E-state index contributed by atoms with van der Waals surface area (Å²) in [4.78, 5) is 37.1. The summed E-state index contributed by atoms with van der Waals surface area (Å²) in [5.41, 5.74) is 10.2. The monoisotopic (exact) mass is 644 g/mol. The largest absolute Gasteiger partial charge is 0.299 e. The van der Waals surface area contributed by atoms with Crippen molar-refractivity contribution in [3.8, 4) is 62.5 Å². The number of fused-ring (bicyclic) bond motifs is 5. The van der Waals surface area contributed by atoms with E-state index in [0.717, 1.165) is 78.8 Å². The molecule has 0 unspecified atom stereocenters. The van der Waals surface area contributed by atoms with Crippen molar-refractivity contribution in [2.45, 2.75) is 26.2 Å². The third-order valence-corrected chi connectivity index (χ3v) is 9.50. The predicted molar refractivity (Wildman–Crippen MR) is 198 cm³/mol. The summed E-state index contributed by atoms with van der Waals surface area (Å²) in [6, 6.07) is 40.8. The van der Waals surface area contributed by atoms with Crippen molar-refractivity contribution in [3.05, 3.63) is 127 Å². The van der Waals surface area contributed by atoms with Crippen molar-refractivity contribution in [2.24, 2.45) is 0 Å². The van der Waals surface area contributed by atoms with Crippen LogP contribution in [0.3, 0.4) is 0 Å². The second-order valence-electron chi connectivity index (χ2n) is 13.8. The number of rotatable bonds is 4. The van der Waals surface area contributed by atoms with Gasteiger partial charge in [0.2, 0.25) is 0 Å². The molecule has 2 aliphatic rings. The maximum atomic E-state index is 5.40. The molecular weight excluding hydrogens is 615 g/mol. The minimum atomic E-state index is -0.363. The molecule has 0 spiro atoms. The highest BCUT2D eigenvalue weighted by Crippen LogP contribution is 2.38. The van der Waals surface area contributed by atoms with Gasteiger partial charge in [0.1, 0.15) is 23.0 Å². The van der Waals surface area contributed by atoms with Gasteiger partial charge < -0.3 is 0 Å². The Morgan fingerprint density at radius 1 is 0.500 bits per heavy atom. The van der Waals surface area contributed by atoms with Gasteiger partial charge in [-0.2, -0.15) is 0 Å². The molecule has 236 valence electrons. The van der Waals surface area contributed by atoms with E-state index < -0.39 is 0 Å². The van der Waals surface area contributed by atoms with E-state index in [0.29, 0.717) is 17.3 Å². The zero-order valence-electron chi connectivity index (χ0n) is 27.7. The van der Waals surface area contributed by atoms with E-state index in [-0.39, 0.29) is 12.1 Å². The first-order valence-corrected chi connectivity index (χ1v) is 16.8. The van der Waals surface area contributed by atoms with Crippen LogP contribution in [0.4, 0.5) is 0 Å². The maximum absolute atomic E-state index is 5.40. The molecule has 4 aromatic heterocycles. The van der Waals surface area contributed by atoms with Gasteiger partial charge in [-0.05, 0) is 0 Å². The van der Waals surface area contributed by atoms with E-state index in [1.807, 2.05) is 84.9 Å². The van der Waals surface area contributed by atoms with Crippen LogP contribution in [0.15, 0.2) is 121 Å². The molecule has 0 bridgehead atoms. The summed E-state index contributed by atoms with van der Waals surface area (Å²) in [7, 11) is 0. The molecular formula is C41H29BN8. The van der Waals surface area contributed by atoms with E-state index in [9.17, 15) is 0 Å². The maximum Gasteiger partial charge on any atom is 0.299 e. The van der Waals surface area contributed by atoms with Crippen LogP contribution >= 0.6 is 0 Å². The SMILES string of the molecule is CC(C)(C)c1nc2c3c(n1)-n1c(-c4ccccc4)nc4nc(-c5ccccc5)nc(c41)B3c1nc(-c3ccccc3)nc(-c3ccccc3)c1-2. The molecule has 0 N–H and O–H groups in total. The van der Waals surface area contributed by atoms with Gasteiger partial charge in [-0.15, -0.1) is 0 Å². The second-order valence-corrected chi connectivity index (χ2v) is 13.8. The summed E-state index contributed by atoms with van der Waals surface area (Å²) >= 11 is 0. The Morgan fingerprint density at radius 2 is 1.04 bits per heavy atom. The van der Waals surface area contributed by atoms with Crippen molar-refractivity contribution in [2.75, 3.05) is 0 Å². The summed E-state index contributed by atoms with van der Waals surface area (Å²) in [5, 5.41) is 0. The highest BCUT2D eigenvalue weighted by molar-refractivity contribution is 7.00. The van der Waals surface area contributed by atoms with Crippen LogP contribution in [0.5, 0.6) is 0 Å². The van der Waals surface area contributed by atoms with Crippen LogP contribution in [0, 0.1) is 0 Å². The van der Waals surface area contributed by atoms with Crippen molar-refractivity contribution in [1.82, 2.24) is 39.5 Å². The molecule has 0 saturated carbocycles. The molecule has 2 aliphatic heterocycles. The van der Waals surface area contributed by atoms with Gasteiger partial charge in [-0.3, -0.25) is 4.57 Å². The first kappa shape index (κ1) is 28.6. The average Bonchev–Trinajstić information content (AvgIpc) is 3.72. The number of benzene rings is 4. The lowest BCUT2D eigenvalue weighted by Crippen LogP contribution is -2.56. The second kappa shape index (κ2) is 10.6. The standard InChI is InChI=1S/C41H29BN8/c1-41(2,3)40-44-31-28-30(24-16-8-4-9-17-24)43-35(25-18-10-5-11-19-25)45-33(28)42-29(31)39(49-40)50-32-34(42)46-36(26-20-12-6-13-21-26)47-37(32)48-38(50)27-22-14-7-15-23-27/h4-23H,1-3H3. The van der Waals surface area contributed by atoms with Gasteiger partial charge in [0.05, 0.1) is 11.4 Å². The first-order valence-electron chi connectivity index (χ1n) is 16.8. The number of aromatic nitrogens is 8. The lowest BCUT2D eigenvalue weighted by molar-refractivity contribution is 0.545. The van der Waals surface area contributed by atoms with Gasteiger partial charge in [0.25, 0.3) is 6.71 Å². The topological polar surface area (TPSA) is 95.2 Å². The average molecular weight is 645 g/mol. The van der Waals surface area contributed by atoms with Crippen LogP contribution in [-0.4, -0.2) is 46.2 Å². The highest BCUT2D eigenvalue weighted by Gasteiger charge is 2.48. The lowest BCUT2D eigenvalue weighted by atomic mass is 9.41. The van der Waals surface area contributed by atoms with E-state index in [2.05, 4.69) is 61.7 Å². The molecule has 9 heteroatoms. The quantitative estimate of drug-likeness (QED) is 0.212. The summed E-state index contributed by atoms with van der Waals surface area (Å²) in [6.07, 6.45) is 0. The lowest BCUT2D eigenvalue weighted by Gasteiger charge is -2.25. The zero-order valence-corrected chi connectivity index (χ0v) is 27.7. The fourth-order valence-corrected chi connectivity index (χ4v) is 7.18. The number of hydrogen-bond acceptors (Lipinski definition) is 7. The first-order chi connectivity index (χ1) is 24.4. The van der Waals surface area contributed by atoms with Gasteiger partial charge in [0, 0.05) is 49.9 Å². The van der Waals surface area contributed by atoms with Crippen LogP contribution in [0.2, 0.25) is 0 Å². The van der Waals surface area contributed by atoms with Crippen molar-refractivity contribution >= 4 is 34.5 Å². The molecule has 8 aromatic rings. The van der Waals surface area contributed by atoms with Crippen molar-refractivity contribution in [3.63, 3.8) is 0 Å². The summed E-state index contributed by atoms with van der Waals surface area (Å²) < 4.78 is 2.15. The van der Waals surface area contributed by atoms with Gasteiger partial charge in [-0.1, -0.05) is 142 Å². The summed E-state index contributed by atoms with van der Waals surface area (Å²) in [5.74, 6) is 3.54. The molecule has 0 aliphatic carbocycles. The third kappa shape index (κ3) is 4.22. The Kier molecular flexibility index (Phi) is 6.06. The number of hydrogen-bond donors (Lipinski definition) is 0. The Balaban J connectivity index is 1.38. The number of imidazole rings is 1. The van der Waals surface area contributed by atoms with Gasteiger partial charge in [0.15, 0.2) is 17.3 Å². The van der Waals surface area contributed by atoms with Crippen LogP contribution < -0.4 is 16.6 Å². The molecule has 4 aromatic carbocycles. The molecule has 0 atom stereocenters. The van der Waals surface area contributed by atoms with Gasteiger partial charge in [-0.25, -0.2) is 34.9 Å². The molecule has 8 nitrogen and oxygen atoms in total. The molecule has 50 heavy (non-hydrogen) atoms. The summed E-state index contributed by atoms with van der Waals surface area (Å²) in [6.45, 7) is 6.08. The van der Waals surface area contributed by atoms with E-state index >= 15 is 0 Å². The molecule has 0 fully saturated rings. The molecule has 0 amide bonds. The predicted octanol–water partition coefficient (Wildman–Crippen LogP) is 6.17. The zero-order chi connectivity index (χ0) is 33.6. The Morgan fingerprint density at radius 3 is 1.64 bits per heavy atom. The Hall–Kier alpha value is -6.35. The molecule has 0 radical (unpaired) electrons. The Bertz CT molecular complexity index is 2620. The fraction of sp³-hybridized carbons (Fsp3) is 0.0976. The molecule has 10 rings (SSSR count). The minimum Gasteiger partial charge on any atom is -0.274 e.